The quantitative estimate of drug-likeness (QED) is 0.796. The molecule has 5 nitrogen and oxygen atoms in total. The second kappa shape index (κ2) is 6.52. The van der Waals surface area contributed by atoms with Crippen molar-refractivity contribution in [2.75, 3.05) is 13.2 Å². The van der Waals surface area contributed by atoms with Crippen LogP contribution >= 0.6 is 0 Å². The van der Waals surface area contributed by atoms with E-state index in [0.29, 0.717) is 19.1 Å². The highest BCUT2D eigenvalue weighted by molar-refractivity contribution is 5.83. The van der Waals surface area contributed by atoms with Crippen LogP contribution in [0.15, 0.2) is 12.1 Å². The number of nitrogens with two attached hydrogens (primary N) is 1. The van der Waals surface area contributed by atoms with Crippen molar-refractivity contribution in [2.24, 2.45) is 17.6 Å². The van der Waals surface area contributed by atoms with E-state index in [-0.39, 0.29) is 29.9 Å². The maximum atomic E-state index is 12.5. The zero-order valence-electron chi connectivity index (χ0n) is 15.1. The van der Waals surface area contributed by atoms with Crippen molar-refractivity contribution in [3.8, 4) is 11.5 Å². The third-order valence-corrected chi connectivity index (χ3v) is 5.59. The number of fused-ring (bicyclic) bond motifs is 1. The van der Waals surface area contributed by atoms with Gasteiger partial charge in [-0.2, -0.15) is 0 Å². The molecule has 0 aromatic heterocycles. The van der Waals surface area contributed by atoms with Crippen molar-refractivity contribution >= 4 is 5.91 Å². The maximum absolute atomic E-state index is 12.5. The number of ether oxygens (including phenoxy) is 2. The summed E-state index contributed by atoms with van der Waals surface area (Å²) < 4.78 is 11.8. The Bertz CT molecular complexity index is 671. The summed E-state index contributed by atoms with van der Waals surface area (Å²) in [4.78, 5) is 12.5. The highest BCUT2D eigenvalue weighted by Crippen LogP contribution is 2.52. The van der Waals surface area contributed by atoms with E-state index in [0.717, 1.165) is 29.9 Å². The van der Waals surface area contributed by atoms with Crippen molar-refractivity contribution in [1.29, 1.82) is 0 Å². The fraction of sp³-hybridized carbons (Fsp3) is 0.650. The normalized spacial score (nSPS) is 28.0. The van der Waals surface area contributed by atoms with E-state index in [1.54, 1.807) is 0 Å². The number of carbonyl (C=O) groups excluding carboxylic acids is 1. The molecule has 2 fully saturated rings. The van der Waals surface area contributed by atoms with E-state index in [9.17, 15) is 4.79 Å². The predicted octanol–water partition coefficient (Wildman–Crippen LogP) is 2.37. The van der Waals surface area contributed by atoms with Gasteiger partial charge in [-0.25, -0.2) is 0 Å². The molecule has 5 heteroatoms. The molecule has 0 bridgehead atoms. The second-order valence-electron chi connectivity index (χ2n) is 7.76. The Balaban J connectivity index is 1.43. The zero-order chi connectivity index (χ0) is 17.6. The first-order chi connectivity index (χ1) is 12.1. The molecule has 0 radical (unpaired) electrons. The van der Waals surface area contributed by atoms with Crippen molar-refractivity contribution in [2.45, 2.75) is 57.6 Å². The molecule has 2 saturated carbocycles. The minimum absolute atomic E-state index is 0.0301. The predicted molar refractivity (Wildman–Crippen MR) is 96.0 cm³/mol. The molecule has 136 valence electrons. The van der Waals surface area contributed by atoms with Crippen LogP contribution in [-0.2, 0) is 11.2 Å². The largest absolute Gasteiger partial charge is 0.494 e. The molecule has 4 atom stereocenters. The Labute approximate surface area is 149 Å². The third kappa shape index (κ3) is 3.47. The van der Waals surface area contributed by atoms with Crippen molar-refractivity contribution in [3.63, 3.8) is 0 Å². The van der Waals surface area contributed by atoms with Crippen LogP contribution in [0.3, 0.4) is 0 Å². The summed E-state index contributed by atoms with van der Waals surface area (Å²) in [7, 11) is 0. The molecule has 4 rings (SSSR count). The Morgan fingerprint density at radius 2 is 2.24 bits per heavy atom. The first-order valence-corrected chi connectivity index (χ1v) is 9.56. The summed E-state index contributed by atoms with van der Waals surface area (Å²) in [5.41, 5.74) is 8.40. The molecule has 1 aromatic carbocycles. The van der Waals surface area contributed by atoms with Crippen LogP contribution < -0.4 is 20.5 Å². The molecule has 3 aliphatic rings. The molecule has 3 N–H and O–H groups in total. The lowest BCUT2D eigenvalue weighted by Crippen LogP contribution is -2.39. The number of carbonyl (C=O) groups is 1. The smallest absolute Gasteiger partial charge is 0.223 e. The first-order valence-electron chi connectivity index (χ1n) is 9.56. The molecule has 0 saturated heterocycles. The standard InChI is InChI=1S/C20H28N2O3/c1-3-24-19-7-13-6-11(2)25-18(13)9-15(19)14-8-16(14)20(23)22-10-17(21)12-4-5-12/h7,9,11-12,14,16-17H,3-6,8,10,21H2,1-2H3,(H,22,23). The van der Waals surface area contributed by atoms with E-state index in [1.165, 1.54) is 18.4 Å². The Morgan fingerprint density at radius 1 is 1.44 bits per heavy atom. The molecule has 2 aliphatic carbocycles. The second-order valence-corrected chi connectivity index (χ2v) is 7.76. The van der Waals surface area contributed by atoms with Crippen LogP contribution in [0.2, 0.25) is 0 Å². The van der Waals surface area contributed by atoms with Crippen LogP contribution in [0.5, 0.6) is 11.5 Å². The topological polar surface area (TPSA) is 73.6 Å². The molecule has 0 spiro atoms. The SMILES string of the molecule is CCOc1cc2c(cc1C1CC1C(=O)NCC(N)C1CC1)OC(C)C2. The van der Waals surface area contributed by atoms with Crippen LogP contribution in [0.4, 0.5) is 0 Å². The van der Waals surface area contributed by atoms with Gasteiger partial charge >= 0.3 is 0 Å². The molecule has 25 heavy (non-hydrogen) atoms. The summed E-state index contributed by atoms with van der Waals surface area (Å²) in [5.74, 6) is 2.85. The van der Waals surface area contributed by atoms with Gasteiger partial charge in [-0.15, -0.1) is 0 Å². The summed E-state index contributed by atoms with van der Waals surface area (Å²) in [6, 6.07) is 4.31. The summed E-state index contributed by atoms with van der Waals surface area (Å²) >= 11 is 0. The minimum Gasteiger partial charge on any atom is -0.494 e. The molecular formula is C20H28N2O3. The number of amides is 1. The van der Waals surface area contributed by atoms with Crippen LogP contribution in [0, 0.1) is 11.8 Å². The van der Waals surface area contributed by atoms with Gasteiger partial charge in [0.2, 0.25) is 5.91 Å². The lowest BCUT2D eigenvalue weighted by atomic mass is 10.0. The highest BCUT2D eigenvalue weighted by atomic mass is 16.5. The number of hydrogen-bond acceptors (Lipinski definition) is 4. The average molecular weight is 344 g/mol. The third-order valence-electron chi connectivity index (χ3n) is 5.59. The van der Waals surface area contributed by atoms with Gasteiger partial charge in [0.15, 0.2) is 0 Å². The van der Waals surface area contributed by atoms with E-state index in [4.69, 9.17) is 15.2 Å². The monoisotopic (exact) mass is 344 g/mol. The fourth-order valence-corrected chi connectivity index (χ4v) is 3.89. The summed E-state index contributed by atoms with van der Waals surface area (Å²) in [5, 5.41) is 3.04. The van der Waals surface area contributed by atoms with Gasteiger partial charge in [0, 0.05) is 42.0 Å². The van der Waals surface area contributed by atoms with Crippen molar-refractivity contribution in [1.82, 2.24) is 5.32 Å². The Hall–Kier alpha value is -1.75. The summed E-state index contributed by atoms with van der Waals surface area (Å²) in [6.45, 7) is 5.29. The Morgan fingerprint density at radius 3 is 2.96 bits per heavy atom. The van der Waals surface area contributed by atoms with Gasteiger partial charge in [0.25, 0.3) is 0 Å². The number of rotatable bonds is 7. The van der Waals surface area contributed by atoms with Crippen molar-refractivity contribution < 1.29 is 14.3 Å². The number of hydrogen-bond donors (Lipinski definition) is 2. The molecule has 1 aliphatic heterocycles. The van der Waals surface area contributed by atoms with Gasteiger partial charge in [-0.05, 0) is 51.2 Å². The van der Waals surface area contributed by atoms with E-state index >= 15 is 0 Å². The van der Waals surface area contributed by atoms with Gasteiger partial charge < -0.3 is 20.5 Å². The molecule has 1 aromatic rings. The van der Waals surface area contributed by atoms with Gasteiger partial charge in [0.1, 0.15) is 17.6 Å². The first kappa shape index (κ1) is 16.7. The molecule has 4 unspecified atom stereocenters. The van der Waals surface area contributed by atoms with Crippen LogP contribution in [0.25, 0.3) is 0 Å². The number of benzene rings is 1. The van der Waals surface area contributed by atoms with Gasteiger partial charge in [-0.1, -0.05) is 0 Å². The maximum Gasteiger partial charge on any atom is 0.223 e. The lowest BCUT2D eigenvalue weighted by molar-refractivity contribution is -0.122. The molecular weight excluding hydrogens is 316 g/mol. The van der Waals surface area contributed by atoms with E-state index in [2.05, 4.69) is 24.4 Å². The zero-order valence-corrected chi connectivity index (χ0v) is 15.1. The molecule has 1 amide bonds. The van der Waals surface area contributed by atoms with Crippen LogP contribution in [0.1, 0.15) is 50.2 Å². The fourth-order valence-electron chi connectivity index (χ4n) is 3.89. The van der Waals surface area contributed by atoms with Gasteiger partial charge in [-0.3, -0.25) is 4.79 Å². The highest BCUT2D eigenvalue weighted by Gasteiger charge is 2.46. The van der Waals surface area contributed by atoms with E-state index in [1.807, 2.05) is 6.92 Å². The Kier molecular flexibility index (Phi) is 4.36. The lowest BCUT2D eigenvalue weighted by Gasteiger charge is -2.14. The molecule has 1 heterocycles. The van der Waals surface area contributed by atoms with E-state index < -0.39 is 0 Å². The minimum atomic E-state index is 0.0301. The summed E-state index contributed by atoms with van der Waals surface area (Å²) in [6.07, 6.45) is 4.41. The van der Waals surface area contributed by atoms with Crippen LogP contribution in [-0.4, -0.2) is 31.2 Å². The number of nitrogens with one attached hydrogen (secondary N) is 1. The van der Waals surface area contributed by atoms with Crippen molar-refractivity contribution in [3.05, 3.63) is 23.3 Å². The van der Waals surface area contributed by atoms with Gasteiger partial charge in [0.05, 0.1) is 6.61 Å². The average Bonchev–Trinajstić information content (AvgIpc) is 3.48.